The molecule has 1 aliphatic carbocycles. The maximum absolute atomic E-state index is 10.6. The Balaban J connectivity index is 0.000000950. The van der Waals surface area contributed by atoms with Gasteiger partial charge >= 0.3 is 18.6 Å². The summed E-state index contributed by atoms with van der Waals surface area (Å²) in [5, 5.41) is 30.7. The molecule has 0 atom stereocenters. The first-order valence-corrected chi connectivity index (χ1v) is 12.7. The Morgan fingerprint density at radius 3 is 2.37 bits per heavy atom. The summed E-state index contributed by atoms with van der Waals surface area (Å²) >= 11 is 0. The first-order valence-electron chi connectivity index (χ1n) is 12.7. The van der Waals surface area contributed by atoms with E-state index in [4.69, 9.17) is 0 Å². The van der Waals surface area contributed by atoms with Gasteiger partial charge in [-0.25, -0.2) is 0 Å². The van der Waals surface area contributed by atoms with Gasteiger partial charge in [0.05, 0.1) is 11.5 Å². The van der Waals surface area contributed by atoms with E-state index >= 15 is 0 Å². The number of nitrogens with one attached hydrogen (secondary N) is 1. The predicted octanol–water partition coefficient (Wildman–Crippen LogP) is 5.15. The second kappa shape index (κ2) is 17.3. The molecule has 0 bridgehead atoms. The Morgan fingerprint density at radius 2 is 1.77 bits per heavy atom. The van der Waals surface area contributed by atoms with Crippen molar-refractivity contribution in [1.29, 1.82) is 0 Å². The molecule has 2 N–H and O–H groups in total. The molecule has 35 heavy (non-hydrogen) atoms. The number of rotatable bonds is 5. The van der Waals surface area contributed by atoms with Crippen molar-refractivity contribution in [3.8, 4) is 5.75 Å². The molecule has 2 heterocycles. The molecule has 7 nitrogen and oxygen atoms in total. The van der Waals surface area contributed by atoms with Gasteiger partial charge in [-0.15, -0.1) is 22.3 Å². The molecule has 2 fully saturated rings. The van der Waals surface area contributed by atoms with E-state index in [1.54, 1.807) is 6.07 Å². The Hall–Kier alpha value is -2.22. The second-order valence-corrected chi connectivity index (χ2v) is 8.23. The summed E-state index contributed by atoms with van der Waals surface area (Å²) in [4.78, 5) is 2.29. The van der Waals surface area contributed by atoms with Crippen molar-refractivity contribution in [1.82, 2.24) is 10.2 Å². The van der Waals surface area contributed by atoms with Crippen LogP contribution in [0.15, 0.2) is 50.3 Å². The van der Waals surface area contributed by atoms with Crippen molar-refractivity contribution < 1.29 is 23.7 Å². The van der Waals surface area contributed by atoms with Crippen LogP contribution in [-0.4, -0.2) is 60.2 Å². The van der Waals surface area contributed by atoms with Crippen LogP contribution in [0, 0.1) is 5.92 Å². The molecule has 2 aliphatic heterocycles. The fourth-order valence-corrected chi connectivity index (χ4v) is 3.30. The third-order valence-electron chi connectivity index (χ3n) is 5.26. The predicted molar refractivity (Wildman–Crippen MR) is 144 cm³/mol. The molecular formula is C27H40N6OV. The molecule has 1 aromatic carbocycles. The summed E-state index contributed by atoms with van der Waals surface area (Å²) in [6.07, 6.45) is 13.0. The maximum atomic E-state index is 10.6. The molecular weight excluding hydrogens is 475 g/mol. The average molecular weight is 516 g/mol. The number of phenolic OH excluding ortho intramolecular Hbond substituents is 1. The molecule has 8 heteroatoms. The van der Waals surface area contributed by atoms with Crippen LogP contribution in [0.4, 0.5) is 0 Å². The van der Waals surface area contributed by atoms with E-state index in [1.165, 1.54) is 12.0 Å². The van der Waals surface area contributed by atoms with E-state index in [-0.39, 0.29) is 24.3 Å². The number of allylic oxidation sites excluding steroid dienone is 1. The zero-order valence-electron chi connectivity index (χ0n) is 21.9. The van der Waals surface area contributed by atoms with Crippen LogP contribution in [0.25, 0.3) is 0 Å². The minimum Gasteiger partial charge on any atom is -0.520 e. The van der Waals surface area contributed by atoms with Crippen molar-refractivity contribution in [2.45, 2.75) is 66.7 Å². The molecule has 1 saturated heterocycles. The molecule has 189 valence electrons. The largest absolute Gasteiger partial charge is 2.00 e. The average Bonchev–Trinajstić information content (AvgIpc) is 3.71. The molecule has 0 amide bonds. The summed E-state index contributed by atoms with van der Waals surface area (Å²) in [6, 6.07) is 5.30. The third-order valence-corrected chi connectivity index (χ3v) is 5.26. The van der Waals surface area contributed by atoms with Crippen molar-refractivity contribution in [2.24, 2.45) is 26.3 Å². The quantitative estimate of drug-likeness (QED) is 0.323. The van der Waals surface area contributed by atoms with E-state index < -0.39 is 0 Å². The van der Waals surface area contributed by atoms with Crippen LogP contribution in [0.2, 0.25) is 0 Å². The van der Waals surface area contributed by atoms with Crippen molar-refractivity contribution >= 4 is 24.0 Å². The maximum Gasteiger partial charge on any atom is 2.00 e. The number of benzene rings is 1. The Kier molecular flexibility index (Phi) is 15.2. The van der Waals surface area contributed by atoms with Crippen LogP contribution in [0.5, 0.6) is 5.75 Å². The SMILES string of the molecule is CC.CCC.CCC1=CC(c2ccc([C-]=NN=[C-]C3CC3)cc2O)=NN=C(N2CCNCC2)C1.[V+2]. The van der Waals surface area contributed by atoms with Gasteiger partial charge in [0, 0.05) is 38.2 Å². The van der Waals surface area contributed by atoms with Gasteiger partial charge in [-0.1, -0.05) is 59.5 Å². The molecule has 1 saturated carbocycles. The summed E-state index contributed by atoms with van der Waals surface area (Å²) in [6.45, 7) is 14.2. The van der Waals surface area contributed by atoms with E-state index in [0.29, 0.717) is 22.8 Å². The van der Waals surface area contributed by atoms with E-state index in [0.717, 1.165) is 57.7 Å². The molecule has 1 radical (unpaired) electrons. The fraction of sp³-hybridized carbons (Fsp3) is 0.556. The molecule has 0 unspecified atom stereocenters. The van der Waals surface area contributed by atoms with Crippen molar-refractivity contribution in [2.75, 3.05) is 26.2 Å². The van der Waals surface area contributed by atoms with Crippen molar-refractivity contribution in [3.05, 3.63) is 41.0 Å². The van der Waals surface area contributed by atoms with Crippen molar-refractivity contribution in [3.63, 3.8) is 0 Å². The van der Waals surface area contributed by atoms with E-state index in [1.807, 2.05) is 32.1 Å². The minimum absolute atomic E-state index is 0. The first-order chi connectivity index (χ1) is 16.6. The van der Waals surface area contributed by atoms with E-state index in [9.17, 15) is 5.11 Å². The monoisotopic (exact) mass is 515 g/mol. The summed E-state index contributed by atoms with van der Waals surface area (Å²) in [7, 11) is 0. The summed E-state index contributed by atoms with van der Waals surface area (Å²) in [5.74, 6) is 1.58. The minimum atomic E-state index is 0. The zero-order chi connectivity index (χ0) is 24.8. The summed E-state index contributed by atoms with van der Waals surface area (Å²) < 4.78 is 0. The van der Waals surface area contributed by atoms with Crippen LogP contribution in [-0.2, 0) is 18.6 Å². The van der Waals surface area contributed by atoms with Gasteiger partial charge in [0.2, 0.25) is 0 Å². The molecule has 4 rings (SSSR count). The zero-order valence-corrected chi connectivity index (χ0v) is 23.3. The number of phenols is 1. The smallest absolute Gasteiger partial charge is 0.520 e. The van der Waals surface area contributed by atoms with Gasteiger partial charge in [-0.05, 0) is 18.7 Å². The molecule has 0 spiro atoms. The van der Waals surface area contributed by atoms with Gasteiger partial charge in [0.25, 0.3) is 0 Å². The number of hydrogen-bond acceptors (Lipinski definition) is 7. The van der Waals surface area contributed by atoms with Crippen LogP contribution >= 0.6 is 0 Å². The summed E-state index contributed by atoms with van der Waals surface area (Å²) in [5.41, 5.74) is 3.24. The Labute approximate surface area is 223 Å². The Bertz CT molecular complexity index is 912. The second-order valence-electron chi connectivity index (χ2n) is 8.23. The molecule has 0 aromatic heterocycles. The number of nitrogens with zero attached hydrogens (tertiary/aromatic N) is 5. The topological polar surface area (TPSA) is 84.9 Å². The molecule has 3 aliphatic rings. The van der Waals surface area contributed by atoms with Crippen LogP contribution in [0.1, 0.15) is 77.8 Å². The Morgan fingerprint density at radius 1 is 1.09 bits per heavy atom. The van der Waals surface area contributed by atoms with Gasteiger partial charge < -0.3 is 26.6 Å². The first kappa shape index (κ1) is 30.8. The van der Waals surface area contributed by atoms with Gasteiger partial charge in [0.1, 0.15) is 5.84 Å². The number of amidine groups is 1. The van der Waals surface area contributed by atoms with Gasteiger partial charge in [0.15, 0.2) is 0 Å². The normalized spacial score (nSPS) is 17.7. The van der Waals surface area contributed by atoms with Gasteiger partial charge in [-0.2, -0.15) is 17.5 Å². The standard InChI is InChI=1S/C22H26N6O.C3H8.C2H6.V/c1-2-16-11-20(26-27-22(13-16)28-9-7-23-8-10-28)19-6-5-18(12-21(19)29)15-25-24-14-17-3-4-17;1-3-2;1-2;/h5-6,11-12,17,23,29H,2-4,7-10,13H2,1H3;3H2,1-2H3;1-2H3;/q-2;;;+2. The fourth-order valence-electron chi connectivity index (χ4n) is 3.30. The van der Waals surface area contributed by atoms with Crippen LogP contribution < -0.4 is 5.32 Å². The molecule has 1 aromatic rings. The number of aromatic hydroxyl groups is 1. The van der Waals surface area contributed by atoms with Gasteiger partial charge in [-0.3, -0.25) is 5.10 Å². The third kappa shape index (κ3) is 10.5. The van der Waals surface area contributed by atoms with E-state index in [2.05, 4.69) is 63.8 Å². The number of hydrogen-bond donors (Lipinski definition) is 2. The van der Waals surface area contributed by atoms with Crippen LogP contribution in [0.3, 0.4) is 0 Å². The number of piperazine rings is 1.